The molecule has 0 atom stereocenters. The van der Waals surface area contributed by atoms with Crippen molar-refractivity contribution in [2.24, 2.45) is 11.8 Å². The van der Waals surface area contributed by atoms with Gasteiger partial charge >= 0.3 is 0 Å². The summed E-state index contributed by atoms with van der Waals surface area (Å²) in [5.41, 5.74) is 5.80. The summed E-state index contributed by atoms with van der Waals surface area (Å²) in [5.74, 6) is 3.90. The zero-order valence-electron chi connectivity index (χ0n) is 18.0. The summed E-state index contributed by atoms with van der Waals surface area (Å²) in [6, 6.07) is 6.47. The lowest BCUT2D eigenvalue weighted by atomic mass is 9.79. The highest BCUT2D eigenvalue weighted by Gasteiger charge is 2.29. The molecule has 1 N–H and O–H groups in total. The van der Waals surface area contributed by atoms with Crippen molar-refractivity contribution in [2.75, 3.05) is 5.32 Å². The first-order valence-corrected chi connectivity index (χ1v) is 12.3. The normalized spacial score (nSPS) is 21.2. The van der Waals surface area contributed by atoms with Gasteiger partial charge < -0.3 is 5.32 Å². The molecule has 1 saturated carbocycles. The van der Waals surface area contributed by atoms with E-state index in [2.05, 4.69) is 44.3 Å². The Balaban J connectivity index is 1.52. The van der Waals surface area contributed by atoms with Crippen molar-refractivity contribution in [3.05, 3.63) is 40.6 Å². The van der Waals surface area contributed by atoms with Gasteiger partial charge in [-0.25, -0.2) is 4.68 Å². The van der Waals surface area contributed by atoms with Crippen LogP contribution in [0.4, 0.5) is 5.82 Å². The molecule has 0 saturated heterocycles. The molecule has 5 heteroatoms. The highest BCUT2D eigenvalue weighted by atomic mass is 32.2. The molecule has 0 unspecified atom stereocenters. The van der Waals surface area contributed by atoms with Gasteiger partial charge in [0.15, 0.2) is 0 Å². The van der Waals surface area contributed by atoms with Crippen LogP contribution in [-0.2, 0) is 16.3 Å². The van der Waals surface area contributed by atoms with Gasteiger partial charge in [-0.3, -0.25) is 4.79 Å². The number of carbonyl (C=O) groups excluding carboxylic acids is 1. The number of fused-ring (bicyclic) bond motifs is 1. The van der Waals surface area contributed by atoms with Gasteiger partial charge in [0.25, 0.3) is 0 Å². The molecular weight excluding hydrogens is 378 g/mol. The van der Waals surface area contributed by atoms with E-state index in [0.717, 1.165) is 47.5 Å². The third-order valence-corrected chi connectivity index (χ3v) is 7.40. The molecule has 1 fully saturated rings. The molecule has 0 radical (unpaired) electrons. The summed E-state index contributed by atoms with van der Waals surface area (Å²) in [6.07, 6.45) is 8.36. The van der Waals surface area contributed by atoms with Gasteiger partial charge in [-0.15, -0.1) is 0 Å². The van der Waals surface area contributed by atoms with Gasteiger partial charge in [0.05, 0.1) is 11.4 Å². The maximum absolute atomic E-state index is 13.1. The Morgan fingerprint density at radius 3 is 2.55 bits per heavy atom. The number of carbonyl (C=O) groups is 1. The molecular formula is C24H33N3OS. The average molecular weight is 412 g/mol. The molecule has 1 aliphatic heterocycles. The Bertz CT molecular complexity index is 860. The van der Waals surface area contributed by atoms with E-state index in [1.807, 2.05) is 16.4 Å². The largest absolute Gasteiger partial charge is 0.310 e. The zero-order chi connectivity index (χ0) is 20.4. The van der Waals surface area contributed by atoms with Crippen LogP contribution in [0.3, 0.4) is 0 Å². The second kappa shape index (κ2) is 8.95. The summed E-state index contributed by atoms with van der Waals surface area (Å²) in [4.78, 5) is 13.1. The number of anilines is 1. The monoisotopic (exact) mass is 411 g/mol. The van der Waals surface area contributed by atoms with Crippen LogP contribution in [0.5, 0.6) is 0 Å². The topological polar surface area (TPSA) is 46.9 Å². The van der Waals surface area contributed by atoms with E-state index >= 15 is 0 Å². The molecule has 0 bridgehead atoms. The lowest BCUT2D eigenvalue weighted by Crippen LogP contribution is -2.28. The van der Waals surface area contributed by atoms with E-state index in [1.165, 1.54) is 48.8 Å². The zero-order valence-corrected chi connectivity index (χ0v) is 18.8. The Hall–Kier alpha value is -1.75. The van der Waals surface area contributed by atoms with Crippen LogP contribution in [0.15, 0.2) is 18.2 Å². The van der Waals surface area contributed by atoms with Crippen molar-refractivity contribution in [3.63, 3.8) is 0 Å². The Labute approximate surface area is 178 Å². The van der Waals surface area contributed by atoms with Crippen LogP contribution in [0.25, 0.3) is 5.69 Å². The van der Waals surface area contributed by atoms with Crippen molar-refractivity contribution < 1.29 is 4.79 Å². The highest BCUT2D eigenvalue weighted by Crippen LogP contribution is 2.38. The van der Waals surface area contributed by atoms with Crippen molar-refractivity contribution in [2.45, 2.75) is 77.2 Å². The molecule has 1 aromatic heterocycles. The standard InChI is InChI=1S/C24H33N3OS/c1-4-5-6-18-7-9-19(10-8-18)24(28)25-23-21-14-29-15-22(21)26-27(23)20-12-16(2)11-17(3)13-20/h11-13,18-19H,4-10,14-15H2,1-3H3,(H,25,28). The van der Waals surface area contributed by atoms with E-state index in [4.69, 9.17) is 5.10 Å². The number of unbranched alkanes of at least 4 members (excludes halogenated alkanes) is 1. The Morgan fingerprint density at radius 1 is 1.14 bits per heavy atom. The fraction of sp³-hybridized carbons (Fsp3) is 0.583. The third kappa shape index (κ3) is 4.55. The van der Waals surface area contributed by atoms with E-state index < -0.39 is 0 Å². The summed E-state index contributed by atoms with van der Waals surface area (Å²) in [7, 11) is 0. The van der Waals surface area contributed by atoms with Gasteiger partial charge in [-0.1, -0.05) is 32.3 Å². The van der Waals surface area contributed by atoms with Crippen LogP contribution < -0.4 is 5.32 Å². The van der Waals surface area contributed by atoms with Crippen molar-refractivity contribution in [3.8, 4) is 5.69 Å². The maximum atomic E-state index is 13.1. The fourth-order valence-electron chi connectivity index (χ4n) is 4.83. The van der Waals surface area contributed by atoms with Gasteiger partial charge in [0.2, 0.25) is 5.91 Å². The maximum Gasteiger partial charge on any atom is 0.228 e. The molecule has 1 aromatic carbocycles. The smallest absolute Gasteiger partial charge is 0.228 e. The predicted molar refractivity (Wildman–Crippen MR) is 122 cm³/mol. The van der Waals surface area contributed by atoms with E-state index in [1.54, 1.807) is 0 Å². The fourth-order valence-corrected chi connectivity index (χ4v) is 5.86. The SMILES string of the molecule is CCCCC1CCC(C(=O)Nc2c3c(nn2-c2cc(C)cc(C)c2)CSC3)CC1. The number of benzene rings is 1. The number of hydrogen-bond donors (Lipinski definition) is 1. The molecule has 4 rings (SSSR count). The number of aryl methyl sites for hydroxylation is 2. The number of rotatable bonds is 6. The van der Waals surface area contributed by atoms with E-state index in [0.29, 0.717) is 0 Å². The van der Waals surface area contributed by atoms with Gasteiger partial charge in [-0.05, 0) is 68.7 Å². The molecule has 2 heterocycles. The summed E-state index contributed by atoms with van der Waals surface area (Å²) in [6.45, 7) is 6.48. The summed E-state index contributed by atoms with van der Waals surface area (Å²) < 4.78 is 1.97. The third-order valence-electron chi connectivity index (χ3n) is 6.43. The average Bonchev–Trinajstić information content (AvgIpc) is 3.28. The second-order valence-electron chi connectivity index (χ2n) is 8.87. The quantitative estimate of drug-likeness (QED) is 0.618. The summed E-state index contributed by atoms with van der Waals surface area (Å²) in [5, 5.41) is 8.17. The number of hydrogen-bond acceptors (Lipinski definition) is 3. The number of aromatic nitrogens is 2. The minimum Gasteiger partial charge on any atom is -0.310 e. The first kappa shape index (κ1) is 20.5. The van der Waals surface area contributed by atoms with Crippen LogP contribution >= 0.6 is 11.8 Å². The minimum absolute atomic E-state index is 0.139. The van der Waals surface area contributed by atoms with E-state index in [-0.39, 0.29) is 11.8 Å². The first-order chi connectivity index (χ1) is 14.0. The number of amides is 1. The lowest BCUT2D eigenvalue weighted by Gasteiger charge is -2.28. The Morgan fingerprint density at radius 2 is 1.86 bits per heavy atom. The van der Waals surface area contributed by atoms with Crippen molar-refractivity contribution in [1.82, 2.24) is 9.78 Å². The number of thioether (sulfide) groups is 1. The minimum atomic E-state index is 0.139. The molecule has 1 aliphatic carbocycles. The van der Waals surface area contributed by atoms with Gasteiger partial charge in [0, 0.05) is 23.0 Å². The Kier molecular flexibility index (Phi) is 6.33. The van der Waals surface area contributed by atoms with Crippen LogP contribution in [-0.4, -0.2) is 15.7 Å². The predicted octanol–water partition coefficient (Wildman–Crippen LogP) is 6.17. The molecule has 156 valence electrons. The van der Waals surface area contributed by atoms with Crippen LogP contribution in [0.2, 0.25) is 0 Å². The summed E-state index contributed by atoms with van der Waals surface area (Å²) >= 11 is 1.88. The molecule has 4 nitrogen and oxygen atoms in total. The molecule has 2 aliphatic rings. The van der Waals surface area contributed by atoms with Crippen LogP contribution in [0, 0.1) is 25.7 Å². The van der Waals surface area contributed by atoms with Crippen molar-refractivity contribution in [1.29, 1.82) is 0 Å². The first-order valence-electron chi connectivity index (χ1n) is 11.1. The highest BCUT2D eigenvalue weighted by molar-refractivity contribution is 7.98. The number of nitrogens with zero attached hydrogens (tertiary/aromatic N) is 2. The van der Waals surface area contributed by atoms with E-state index in [9.17, 15) is 4.79 Å². The van der Waals surface area contributed by atoms with Crippen LogP contribution in [0.1, 0.15) is 74.3 Å². The van der Waals surface area contributed by atoms with Gasteiger partial charge in [-0.2, -0.15) is 16.9 Å². The second-order valence-corrected chi connectivity index (χ2v) is 9.86. The van der Waals surface area contributed by atoms with Gasteiger partial charge in [0.1, 0.15) is 5.82 Å². The molecule has 0 spiro atoms. The molecule has 1 amide bonds. The molecule has 2 aromatic rings. The lowest BCUT2D eigenvalue weighted by molar-refractivity contribution is -0.121. The number of nitrogens with one attached hydrogen (secondary N) is 1. The molecule has 29 heavy (non-hydrogen) atoms. The van der Waals surface area contributed by atoms with Crippen molar-refractivity contribution >= 4 is 23.5 Å².